The summed E-state index contributed by atoms with van der Waals surface area (Å²) in [7, 11) is 0. The second-order valence-corrected chi connectivity index (χ2v) is 13.4. The minimum absolute atomic E-state index is 0.130. The first-order chi connectivity index (χ1) is 21.5. The van der Waals surface area contributed by atoms with Gasteiger partial charge in [-0.05, 0) is 99.5 Å². The number of hydrogen-bond donors (Lipinski definition) is 0. The minimum Gasteiger partial charge on any atom is -0.490 e. The Labute approximate surface area is 270 Å². The SMILES string of the molecule is C=CCCCCCCCCCOC(C)CC1(C#N)CCCC(c2ccc(-c3ccc(OC(CCC)CCCC)cc3)cc2)C1. The Bertz CT molecular complexity index is 1090. The van der Waals surface area contributed by atoms with Gasteiger partial charge in [-0.15, -0.1) is 6.58 Å². The molecule has 1 saturated carbocycles. The molecular weight excluding hydrogens is 538 g/mol. The molecule has 0 heterocycles. The molecule has 3 nitrogen and oxygen atoms in total. The van der Waals surface area contributed by atoms with Crippen molar-refractivity contribution in [2.24, 2.45) is 5.41 Å². The Balaban J connectivity index is 1.46. The van der Waals surface area contributed by atoms with Crippen LogP contribution in [-0.2, 0) is 4.74 Å². The van der Waals surface area contributed by atoms with E-state index in [1.807, 2.05) is 6.08 Å². The average Bonchev–Trinajstić information content (AvgIpc) is 3.05. The van der Waals surface area contributed by atoms with Gasteiger partial charge in [0.05, 0.1) is 23.7 Å². The third kappa shape index (κ3) is 12.4. The van der Waals surface area contributed by atoms with E-state index in [-0.39, 0.29) is 11.5 Å². The Morgan fingerprint density at radius 1 is 0.886 bits per heavy atom. The Hall–Kier alpha value is -2.57. The van der Waals surface area contributed by atoms with E-state index >= 15 is 0 Å². The van der Waals surface area contributed by atoms with Crippen LogP contribution in [-0.4, -0.2) is 18.8 Å². The van der Waals surface area contributed by atoms with Gasteiger partial charge >= 0.3 is 0 Å². The molecule has 0 aromatic heterocycles. The molecule has 3 rings (SSSR count). The molecule has 0 spiro atoms. The molecule has 1 aliphatic rings. The highest BCUT2D eigenvalue weighted by Gasteiger charge is 2.38. The third-order valence-corrected chi connectivity index (χ3v) is 9.58. The zero-order chi connectivity index (χ0) is 31.5. The third-order valence-electron chi connectivity index (χ3n) is 9.58. The van der Waals surface area contributed by atoms with Crippen molar-refractivity contribution in [3.63, 3.8) is 0 Å². The topological polar surface area (TPSA) is 42.2 Å². The summed E-state index contributed by atoms with van der Waals surface area (Å²) in [5.41, 5.74) is 3.53. The van der Waals surface area contributed by atoms with E-state index in [0.29, 0.717) is 12.0 Å². The molecule has 0 radical (unpaired) electrons. The van der Waals surface area contributed by atoms with E-state index in [9.17, 15) is 5.26 Å². The summed E-state index contributed by atoms with van der Waals surface area (Å²) in [6.07, 6.45) is 23.4. The predicted octanol–water partition coefficient (Wildman–Crippen LogP) is 12.4. The lowest BCUT2D eigenvalue weighted by Gasteiger charge is -2.37. The zero-order valence-electron chi connectivity index (χ0n) is 28.3. The maximum atomic E-state index is 10.3. The number of allylic oxidation sites excluding steroid dienone is 1. The van der Waals surface area contributed by atoms with Crippen LogP contribution in [0.1, 0.15) is 148 Å². The van der Waals surface area contributed by atoms with Crippen LogP contribution in [0.15, 0.2) is 61.2 Å². The average molecular weight is 600 g/mol. The lowest BCUT2D eigenvalue weighted by Crippen LogP contribution is -2.31. The fraction of sp³-hybridized carbons (Fsp3) is 0.634. The van der Waals surface area contributed by atoms with E-state index < -0.39 is 0 Å². The molecule has 4 unspecified atom stereocenters. The largest absolute Gasteiger partial charge is 0.490 e. The Morgan fingerprint density at radius 3 is 2.18 bits per heavy atom. The van der Waals surface area contributed by atoms with Crippen molar-refractivity contribution in [1.29, 1.82) is 5.26 Å². The van der Waals surface area contributed by atoms with Gasteiger partial charge in [0.15, 0.2) is 0 Å². The maximum Gasteiger partial charge on any atom is 0.119 e. The second kappa shape index (κ2) is 20.5. The first-order valence-electron chi connectivity index (χ1n) is 18.0. The van der Waals surface area contributed by atoms with Crippen LogP contribution < -0.4 is 4.74 Å². The molecule has 2 aromatic carbocycles. The van der Waals surface area contributed by atoms with Crippen LogP contribution in [0.5, 0.6) is 5.75 Å². The summed E-state index contributed by atoms with van der Waals surface area (Å²) in [6.45, 7) is 11.3. The molecule has 0 amide bonds. The number of unbranched alkanes of at least 4 members (excludes halogenated alkanes) is 8. The molecule has 2 aromatic rings. The minimum atomic E-state index is -0.283. The Morgan fingerprint density at radius 2 is 1.55 bits per heavy atom. The van der Waals surface area contributed by atoms with Gasteiger partial charge in [-0.1, -0.05) is 114 Å². The molecule has 1 fully saturated rings. The standard InChI is InChI=1S/C41H61NO2/c1-5-8-10-11-12-13-14-15-16-30-43-34(4)31-41(33-42)29-17-19-38(32-41)37-23-21-35(22-24-37)36-25-27-40(28-26-36)44-39(18-7-3)20-9-6-2/h5,21-28,34,38-39H,1,6-20,29-32H2,2-4H3. The highest BCUT2D eigenvalue weighted by atomic mass is 16.5. The van der Waals surface area contributed by atoms with E-state index in [4.69, 9.17) is 9.47 Å². The number of nitrogens with zero attached hydrogens (tertiary/aromatic N) is 1. The molecule has 3 heteroatoms. The van der Waals surface area contributed by atoms with Gasteiger partial charge in [0.2, 0.25) is 0 Å². The van der Waals surface area contributed by atoms with Gasteiger partial charge in [0.1, 0.15) is 5.75 Å². The summed E-state index contributed by atoms with van der Waals surface area (Å²) < 4.78 is 12.5. The molecule has 4 atom stereocenters. The van der Waals surface area contributed by atoms with Crippen molar-refractivity contribution in [3.05, 3.63) is 66.7 Å². The van der Waals surface area contributed by atoms with E-state index in [2.05, 4.69) is 82.0 Å². The predicted molar refractivity (Wildman–Crippen MR) is 187 cm³/mol. The number of rotatable bonds is 22. The first kappa shape index (κ1) is 35.9. The number of nitriles is 1. The van der Waals surface area contributed by atoms with Crippen molar-refractivity contribution in [1.82, 2.24) is 0 Å². The molecule has 0 saturated heterocycles. The fourth-order valence-corrected chi connectivity index (χ4v) is 7.03. The van der Waals surface area contributed by atoms with Crippen molar-refractivity contribution < 1.29 is 9.47 Å². The van der Waals surface area contributed by atoms with Crippen LogP contribution in [0.3, 0.4) is 0 Å². The molecular formula is C41H61NO2. The molecule has 0 N–H and O–H groups in total. The zero-order valence-corrected chi connectivity index (χ0v) is 28.3. The summed E-state index contributed by atoms with van der Waals surface area (Å²) in [5, 5.41) is 10.3. The number of hydrogen-bond acceptors (Lipinski definition) is 3. The van der Waals surface area contributed by atoms with Gasteiger partial charge in [0, 0.05) is 6.61 Å². The van der Waals surface area contributed by atoms with Crippen LogP contribution in [0.25, 0.3) is 11.1 Å². The van der Waals surface area contributed by atoms with Gasteiger partial charge in [-0.25, -0.2) is 0 Å². The van der Waals surface area contributed by atoms with Crippen LogP contribution in [0.4, 0.5) is 0 Å². The van der Waals surface area contributed by atoms with Crippen LogP contribution in [0, 0.1) is 16.7 Å². The summed E-state index contributed by atoms with van der Waals surface area (Å²) in [6, 6.07) is 20.5. The van der Waals surface area contributed by atoms with E-state index in [1.165, 1.54) is 68.1 Å². The first-order valence-corrected chi connectivity index (χ1v) is 18.0. The molecule has 0 bridgehead atoms. The van der Waals surface area contributed by atoms with Gasteiger partial charge in [-0.3, -0.25) is 0 Å². The van der Waals surface area contributed by atoms with Crippen molar-refractivity contribution in [3.8, 4) is 22.9 Å². The quantitative estimate of drug-likeness (QED) is 0.0998. The molecule has 44 heavy (non-hydrogen) atoms. The number of ether oxygens (including phenoxy) is 2. The van der Waals surface area contributed by atoms with Crippen LogP contribution >= 0.6 is 0 Å². The highest BCUT2D eigenvalue weighted by molar-refractivity contribution is 5.64. The van der Waals surface area contributed by atoms with E-state index in [1.54, 1.807) is 0 Å². The van der Waals surface area contributed by atoms with Gasteiger partial charge < -0.3 is 9.47 Å². The molecule has 242 valence electrons. The lowest BCUT2D eigenvalue weighted by atomic mass is 9.66. The summed E-state index contributed by atoms with van der Waals surface area (Å²) in [5.74, 6) is 1.41. The van der Waals surface area contributed by atoms with E-state index in [0.717, 1.165) is 76.6 Å². The summed E-state index contributed by atoms with van der Waals surface area (Å²) >= 11 is 0. The second-order valence-electron chi connectivity index (χ2n) is 13.4. The Kier molecular flexibility index (Phi) is 16.7. The lowest BCUT2D eigenvalue weighted by molar-refractivity contribution is 0.0267. The van der Waals surface area contributed by atoms with Crippen molar-refractivity contribution in [2.45, 2.75) is 154 Å². The normalized spacial score (nSPS) is 19.6. The van der Waals surface area contributed by atoms with Crippen LogP contribution in [0.2, 0.25) is 0 Å². The molecule has 0 aliphatic heterocycles. The van der Waals surface area contributed by atoms with Gasteiger partial charge in [-0.2, -0.15) is 5.26 Å². The van der Waals surface area contributed by atoms with Gasteiger partial charge in [0.25, 0.3) is 0 Å². The summed E-state index contributed by atoms with van der Waals surface area (Å²) in [4.78, 5) is 0. The maximum absolute atomic E-state index is 10.3. The highest BCUT2D eigenvalue weighted by Crippen LogP contribution is 2.47. The number of benzene rings is 2. The monoisotopic (exact) mass is 599 g/mol. The fourth-order valence-electron chi connectivity index (χ4n) is 7.03. The van der Waals surface area contributed by atoms with Crippen molar-refractivity contribution >= 4 is 0 Å². The smallest absolute Gasteiger partial charge is 0.119 e. The molecule has 1 aliphatic carbocycles. The van der Waals surface area contributed by atoms with Crippen molar-refractivity contribution in [2.75, 3.05) is 6.61 Å².